The molecule has 12 nitrogen and oxygen atoms in total. The predicted octanol–water partition coefficient (Wildman–Crippen LogP) is 3.11. The molecule has 14 heteroatoms. The van der Waals surface area contributed by atoms with E-state index in [4.69, 9.17) is 9.47 Å². The molecule has 2 saturated heterocycles. The molecule has 2 fully saturated rings. The minimum atomic E-state index is -1.39. The second-order valence-electron chi connectivity index (χ2n) is 11.4. The van der Waals surface area contributed by atoms with Gasteiger partial charge in [-0.1, -0.05) is 0 Å². The number of carbonyl (C=O) groups excluding carboxylic acids is 2. The van der Waals surface area contributed by atoms with Crippen LogP contribution in [0.3, 0.4) is 0 Å². The SMILES string of the molecule is CC(=O)NC[C@H]1CN(c2ccc(N(C)[C@@H]3CCN(c4c(F)cc5c(=O)c(C(=O)O)cn6c5c4OC[C@H]6C)C3)c(F)c2)C(=O)O1. The van der Waals surface area contributed by atoms with Gasteiger partial charge in [0, 0.05) is 39.3 Å². The van der Waals surface area contributed by atoms with Gasteiger partial charge in [0.15, 0.2) is 11.6 Å². The van der Waals surface area contributed by atoms with E-state index < -0.39 is 40.8 Å². The second-order valence-corrected chi connectivity index (χ2v) is 11.4. The number of nitrogens with one attached hydrogen (secondary N) is 1. The molecule has 2 amide bonds. The lowest BCUT2D eigenvalue weighted by atomic mass is 10.1. The molecule has 0 bridgehead atoms. The van der Waals surface area contributed by atoms with Crippen molar-refractivity contribution < 1.29 is 37.7 Å². The van der Waals surface area contributed by atoms with Crippen molar-refractivity contribution in [3.05, 3.63) is 57.9 Å². The molecule has 2 aromatic carbocycles. The first-order valence-electron chi connectivity index (χ1n) is 14.2. The van der Waals surface area contributed by atoms with Gasteiger partial charge in [0.1, 0.15) is 29.8 Å². The number of anilines is 3. The van der Waals surface area contributed by atoms with E-state index in [1.807, 2.05) is 6.92 Å². The fourth-order valence-electron chi connectivity index (χ4n) is 6.16. The number of hydrogen-bond acceptors (Lipinski definition) is 8. The lowest BCUT2D eigenvalue weighted by Gasteiger charge is -2.32. The Morgan fingerprint density at radius 1 is 1.16 bits per heavy atom. The van der Waals surface area contributed by atoms with Crippen molar-refractivity contribution >= 4 is 45.9 Å². The Morgan fingerprint density at radius 2 is 1.93 bits per heavy atom. The normalized spacial score (nSPS) is 20.9. The molecule has 44 heavy (non-hydrogen) atoms. The van der Waals surface area contributed by atoms with Gasteiger partial charge in [-0.3, -0.25) is 14.5 Å². The molecular formula is C30H31F2N5O7. The number of halogens is 2. The van der Waals surface area contributed by atoms with Gasteiger partial charge < -0.3 is 34.3 Å². The molecule has 0 spiro atoms. The number of ether oxygens (including phenoxy) is 2. The Bertz CT molecular complexity index is 1760. The third-order valence-electron chi connectivity index (χ3n) is 8.48. The Labute approximate surface area is 250 Å². The number of carbonyl (C=O) groups is 3. The summed E-state index contributed by atoms with van der Waals surface area (Å²) in [7, 11) is 1.74. The van der Waals surface area contributed by atoms with Gasteiger partial charge in [0.05, 0.1) is 41.4 Å². The molecule has 0 radical (unpaired) electrons. The molecule has 2 N–H and O–H groups in total. The molecule has 4 heterocycles. The number of pyridine rings is 1. The smallest absolute Gasteiger partial charge is 0.414 e. The Morgan fingerprint density at radius 3 is 2.64 bits per heavy atom. The van der Waals surface area contributed by atoms with Gasteiger partial charge >= 0.3 is 12.1 Å². The lowest BCUT2D eigenvalue weighted by Crippen LogP contribution is -2.36. The molecule has 232 valence electrons. The van der Waals surface area contributed by atoms with E-state index in [2.05, 4.69) is 5.32 Å². The lowest BCUT2D eigenvalue weighted by molar-refractivity contribution is -0.119. The van der Waals surface area contributed by atoms with Crippen LogP contribution in [0.15, 0.2) is 35.3 Å². The summed E-state index contributed by atoms with van der Waals surface area (Å²) >= 11 is 0. The van der Waals surface area contributed by atoms with Crippen LogP contribution in [0.5, 0.6) is 5.75 Å². The summed E-state index contributed by atoms with van der Waals surface area (Å²) in [4.78, 5) is 53.0. The van der Waals surface area contributed by atoms with Crippen molar-refractivity contribution in [1.29, 1.82) is 0 Å². The van der Waals surface area contributed by atoms with Crippen molar-refractivity contribution in [3.63, 3.8) is 0 Å². The molecule has 0 aliphatic carbocycles. The highest BCUT2D eigenvalue weighted by atomic mass is 19.1. The molecule has 6 rings (SSSR count). The van der Waals surface area contributed by atoms with Crippen LogP contribution in [0.4, 0.5) is 30.6 Å². The molecule has 3 aliphatic heterocycles. The van der Waals surface area contributed by atoms with Crippen molar-refractivity contribution in [3.8, 4) is 5.75 Å². The molecule has 0 saturated carbocycles. The maximum absolute atomic E-state index is 15.7. The van der Waals surface area contributed by atoms with Gasteiger partial charge in [-0.05, 0) is 37.6 Å². The van der Waals surface area contributed by atoms with E-state index >= 15 is 8.78 Å². The number of benzene rings is 2. The van der Waals surface area contributed by atoms with Crippen LogP contribution in [0.2, 0.25) is 0 Å². The molecular weight excluding hydrogens is 580 g/mol. The van der Waals surface area contributed by atoms with Gasteiger partial charge in [0.2, 0.25) is 11.3 Å². The van der Waals surface area contributed by atoms with E-state index in [-0.39, 0.29) is 54.5 Å². The maximum atomic E-state index is 15.7. The van der Waals surface area contributed by atoms with E-state index in [0.717, 1.165) is 6.07 Å². The van der Waals surface area contributed by atoms with E-state index in [0.29, 0.717) is 36.4 Å². The summed E-state index contributed by atoms with van der Waals surface area (Å²) in [6.45, 7) is 4.42. The van der Waals surface area contributed by atoms with Crippen LogP contribution < -0.4 is 30.2 Å². The van der Waals surface area contributed by atoms with Crippen molar-refractivity contribution in [2.75, 3.05) is 54.5 Å². The number of aromatic nitrogens is 1. The second kappa shape index (κ2) is 11.0. The third-order valence-corrected chi connectivity index (χ3v) is 8.48. The van der Waals surface area contributed by atoms with Crippen LogP contribution in [-0.2, 0) is 9.53 Å². The zero-order valence-electron chi connectivity index (χ0n) is 24.3. The highest BCUT2D eigenvalue weighted by Gasteiger charge is 2.36. The summed E-state index contributed by atoms with van der Waals surface area (Å²) < 4.78 is 44.0. The van der Waals surface area contributed by atoms with Crippen LogP contribution in [0.1, 0.15) is 36.7 Å². The monoisotopic (exact) mass is 611 g/mol. The summed E-state index contributed by atoms with van der Waals surface area (Å²) in [5.74, 6) is -2.71. The van der Waals surface area contributed by atoms with Gasteiger partial charge in [-0.25, -0.2) is 18.4 Å². The molecule has 0 unspecified atom stereocenters. The minimum absolute atomic E-state index is 0.0638. The number of carboxylic acids is 1. The molecule has 3 atom stereocenters. The number of rotatable bonds is 7. The quantitative estimate of drug-likeness (QED) is 0.414. The number of hydrogen-bond donors (Lipinski definition) is 2. The Balaban J connectivity index is 1.24. The zero-order valence-corrected chi connectivity index (χ0v) is 24.3. The molecule has 1 aromatic heterocycles. The number of aromatic carboxylic acids is 1. The van der Waals surface area contributed by atoms with Gasteiger partial charge in [-0.15, -0.1) is 0 Å². The maximum Gasteiger partial charge on any atom is 0.414 e. The van der Waals surface area contributed by atoms with Crippen LogP contribution >= 0.6 is 0 Å². The first kappa shape index (κ1) is 29.2. The Hall–Kier alpha value is -4.88. The molecule has 3 aromatic rings. The van der Waals surface area contributed by atoms with Crippen molar-refractivity contribution in [2.24, 2.45) is 0 Å². The van der Waals surface area contributed by atoms with Crippen LogP contribution in [0, 0.1) is 11.6 Å². The highest BCUT2D eigenvalue weighted by molar-refractivity contribution is 5.97. The van der Waals surface area contributed by atoms with Crippen molar-refractivity contribution in [2.45, 2.75) is 38.5 Å². The average molecular weight is 612 g/mol. The minimum Gasteiger partial charge on any atom is -0.487 e. The predicted molar refractivity (Wildman–Crippen MR) is 157 cm³/mol. The van der Waals surface area contributed by atoms with Crippen LogP contribution in [0.25, 0.3) is 10.9 Å². The summed E-state index contributed by atoms with van der Waals surface area (Å²) in [6.07, 6.45) is 0.667. The fourth-order valence-corrected chi connectivity index (χ4v) is 6.16. The summed E-state index contributed by atoms with van der Waals surface area (Å²) in [6, 6.07) is 5.03. The highest BCUT2D eigenvalue weighted by Crippen LogP contribution is 2.43. The first-order valence-corrected chi connectivity index (χ1v) is 14.2. The number of nitrogens with zero attached hydrogens (tertiary/aromatic N) is 4. The molecule has 3 aliphatic rings. The van der Waals surface area contributed by atoms with E-state index in [9.17, 15) is 24.3 Å². The largest absolute Gasteiger partial charge is 0.487 e. The van der Waals surface area contributed by atoms with Crippen molar-refractivity contribution in [1.82, 2.24) is 9.88 Å². The number of cyclic esters (lactones) is 1. The topological polar surface area (TPSA) is 134 Å². The van der Waals surface area contributed by atoms with Crippen LogP contribution in [-0.4, -0.2) is 79.6 Å². The number of carboxylic acid groups (broad SMARTS) is 1. The number of amides is 2. The zero-order chi connectivity index (χ0) is 31.4. The summed E-state index contributed by atoms with van der Waals surface area (Å²) in [5.41, 5.74) is -0.0856. The fraction of sp³-hybridized carbons (Fsp3) is 0.400. The van der Waals surface area contributed by atoms with Gasteiger partial charge in [-0.2, -0.15) is 0 Å². The first-order chi connectivity index (χ1) is 20.9. The summed E-state index contributed by atoms with van der Waals surface area (Å²) in [5, 5.41) is 12.1. The van der Waals surface area contributed by atoms with E-state index in [1.165, 1.54) is 24.1 Å². The van der Waals surface area contributed by atoms with Gasteiger partial charge in [0.25, 0.3) is 0 Å². The standard InChI is InChI=1S/C30H31F2N5O7/c1-15-14-43-28-25-20(27(39)21(29(40)41)13-36(15)25)9-23(32)26(28)35-7-6-18(11-35)34(3)24-5-4-17(8-22(24)31)37-12-19(44-30(37)42)10-33-16(2)38/h4-5,8-9,13,15,18-19H,6-7,10-12,14H2,1-3H3,(H,33,38)(H,40,41)/t15-,18-,19+/m1/s1. The number of likely N-dealkylation sites (N-methyl/N-ethyl adjacent to an activating group) is 1. The van der Waals surface area contributed by atoms with E-state index in [1.54, 1.807) is 33.5 Å². The Kier molecular flexibility index (Phi) is 7.30. The average Bonchev–Trinajstić information content (AvgIpc) is 3.61. The third kappa shape index (κ3) is 4.93.